The van der Waals surface area contributed by atoms with Crippen molar-refractivity contribution >= 4 is 5.97 Å². The minimum atomic E-state index is -1.41. The third-order valence-electron chi connectivity index (χ3n) is 2.50. The van der Waals surface area contributed by atoms with Gasteiger partial charge in [-0.3, -0.25) is 4.79 Å². The minimum absolute atomic E-state index is 0.324. The van der Waals surface area contributed by atoms with Crippen molar-refractivity contribution < 1.29 is 14.3 Å². The van der Waals surface area contributed by atoms with Gasteiger partial charge in [0.1, 0.15) is 5.82 Å². The summed E-state index contributed by atoms with van der Waals surface area (Å²) < 4.78 is 14.6. The van der Waals surface area contributed by atoms with Crippen LogP contribution < -0.4 is 5.43 Å². The number of carboxylic acid groups (broad SMARTS) is 1. The average molecular weight is 248 g/mol. The van der Waals surface area contributed by atoms with Gasteiger partial charge in [-0.05, 0) is 19.1 Å². The first-order chi connectivity index (χ1) is 8.50. The van der Waals surface area contributed by atoms with E-state index in [0.29, 0.717) is 11.3 Å². The Bertz CT molecular complexity index is 679. The molecule has 6 heteroatoms. The molecule has 0 saturated heterocycles. The Kier molecular flexibility index (Phi) is 2.93. The van der Waals surface area contributed by atoms with E-state index < -0.39 is 22.9 Å². The van der Waals surface area contributed by atoms with Crippen molar-refractivity contribution in [3.05, 3.63) is 57.8 Å². The van der Waals surface area contributed by atoms with Crippen molar-refractivity contribution in [1.29, 1.82) is 0 Å². The fourth-order valence-corrected chi connectivity index (χ4v) is 1.53. The van der Waals surface area contributed by atoms with Gasteiger partial charge in [0.15, 0.2) is 0 Å². The van der Waals surface area contributed by atoms with Crippen molar-refractivity contribution in [1.82, 2.24) is 9.78 Å². The molecular weight excluding hydrogens is 239 g/mol. The largest absolute Gasteiger partial charge is 0.476 e. The summed E-state index contributed by atoms with van der Waals surface area (Å²) in [6, 6.07) is 5.44. The van der Waals surface area contributed by atoms with Gasteiger partial charge in [-0.25, -0.2) is 13.9 Å². The first-order valence-corrected chi connectivity index (χ1v) is 5.09. The van der Waals surface area contributed by atoms with Crippen LogP contribution in [0.2, 0.25) is 0 Å². The van der Waals surface area contributed by atoms with Crippen LogP contribution in [0.5, 0.6) is 0 Å². The number of nitrogens with zero attached hydrogens (tertiary/aromatic N) is 2. The Morgan fingerprint density at radius 3 is 2.78 bits per heavy atom. The molecule has 2 rings (SSSR count). The molecule has 0 aliphatic rings. The van der Waals surface area contributed by atoms with Gasteiger partial charge in [0, 0.05) is 17.8 Å². The summed E-state index contributed by atoms with van der Waals surface area (Å²) >= 11 is 0. The number of carbonyl (C=O) groups is 1. The molecule has 1 N–H and O–H groups in total. The smallest absolute Gasteiger partial charge is 0.360 e. The zero-order valence-corrected chi connectivity index (χ0v) is 9.42. The quantitative estimate of drug-likeness (QED) is 0.871. The van der Waals surface area contributed by atoms with Crippen LogP contribution >= 0.6 is 0 Å². The fraction of sp³-hybridized carbons (Fsp3) is 0.0833. The first-order valence-electron chi connectivity index (χ1n) is 5.09. The van der Waals surface area contributed by atoms with Gasteiger partial charge in [-0.15, -0.1) is 0 Å². The van der Waals surface area contributed by atoms with Gasteiger partial charge >= 0.3 is 5.97 Å². The molecule has 0 saturated carbocycles. The minimum Gasteiger partial charge on any atom is -0.476 e. The third kappa shape index (κ3) is 2.00. The molecule has 92 valence electrons. The van der Waals surface area contributed by atoms with E-state index in [1.807, 2.05) is 0 Å². The van der Waals surface area contributed by atoms with E-state index in [1.54, 1.807) is 13.0 Å². The molecule has 0 aliphatic heterocycles. The standard InChI is InChI=1S/C12H9FN2O3/c1-7-8(13)3-2-4-9(7)15-6-5-10(16)11(14-15)12(17)18/h2-6H,1H3,(H,17,18). The molecule has 0 spiro atoms. The van der Waals surface area contributed by atoms with Gasteiger partial charge in [-0.2, -0.15) is 5.10 Å². The van der Waals surface area contributed by atoms with Crippen LogP contribution in [0.25, 0.3) is 5.69 Å². The van der Waals surface area contributed by atoms with Crippen LogP contribution in [0.4, 0.5) is 4.39 Å². The molecule has 1 aromatic carbocycles. The maximum absolute atomic E-state index is 13.4. The number of aromatic nitrogens is 2. The second-order valence-corrected chi connectivity index (χ2v) is 3.66. The maximum atomic E-state index is 13.4. The lowest BCUT2D eigenvalue weighted by atomic mass is 10.2. The number of halogens is 1. The fourth-order valence-electron chi connectivity index (χ4n) is 1.53. The van der Waals surface area contributed by atoms with Crippen molar-refractivity contribution in [3.63, 3.8) is 0 Å². The molecule has 0 bridgehead atoms. The maximum Gasteiger partial charge on any atom is 0.360 e. The lowest BCUT2D eigenvalue weighted by Crippen LogP contribution is -2.20. The van der Waals surface area contributed by atoms with E-state index in [1.165, 1.54) is 23.0 Å². The van der Waals surface area contributed by atoms with Crippen molar-refractivity contribution in [2.75, 3.05) is 0 Å². The number of rotatable bonds is 2. The lowest BCUT2D eigenvalue weighted by molar-refractivity contribution is 0.0687. The summed E-state index contributed by atoms with van der Waals surface area (Å²) in [5, 5.41) is 12.5. The summed E-state index contributed by atoms with van der Waals surface area (Å²) in [5.74, 6) is -1.84. The Morgan fingerprint density at radius 2 is 2.11 bits per heavy atom. The van der Waals surface area contributed by atoms with Gasteiger partial charge in [0.25, 0.3) is 0 Å². The van der Waals surface area contributed by atoms with Gasteiger partial charge < -0.3 is 5.11 Å². The summed E-state index contributed by atoms with van der Waals surface area (Å²) in [5.41, 5.74) is -0.573. The highest BCUT2D eigenvalue weighted by Crippen LogP contribution is 2.15. The van der Waals surface area contributed by atoms with Gasteiger partial charge in [-0.1, -0.05) is 6.07 Å². The van der Waals surface area contributed by atoms with Crippen LogP contribution in [-0.2, 0) is 0 Å². The molecule has 18 heavy (non-hydrogen) atoms. The molecule has 0 amide bonds. The van der Waals surface area contributed by atoms with E-state index in [2.05, 4.69) is 5.10 Å². The van der Waals surface area contributed by atoms with E-state index in [-0.39, 0.29) is 0 Å². The molecular formula is C12H9FN2O3. The van der Waals surface area contributed by atoms with E-state index in [0.717, 1.165) is 6.07 Å². The topological polar surface area (TPSA) is 72.2 Å². The monoisotopic (exact) mass is 248 g/mol. The predicted octanol–water partition coefficient (Wildman–Crippen LogP) is 1.38. The van der Waals surface area contributed by atoms with Crippen molar-refractivity contribution in [2.45, 2.75) is 6.92 Å². The average Bonchev–Trinajstić information content (AvgIpc) is 2.33. The second-order valence-electron chi connectivity index (χ2n) is 3.66. The number of aromatic carboxylic acids is 1. The number of benzene rings is 1. The highest BCUT2D eigenvalue weighted by atomic mass is 19.1. The Balaban J connectivity index is 2.65. The Labute approximate surface area is 101 Å². The molecule has 1 aromatic heterocycles. The first kappa shape index (κ1) is 12.0. The van der Waals surface area contributed by atoms with Crippen molar-refractivity contribution in [2.24, 2.45) is 0 Å². The third-order valence-corrected chi connectivity index (χ3v) is 2.50. The SMILES string of the molecule is Cc1c(F)cccc1-n1ccc(=O)c(C(=O)O)n1. The van der Waals surface area contributed by atoms with Crippen LogP contribution in [0.15, 0.2) is 35.3 Å². The molecule has 2 aromatic rings. The van der Waals surface area contributed by atoms with E-state index in [4.69, 9.17) is 5.11 Å². The predicted molar refractivity (Wildman–Crippen MR) is 61.5 cm³/mol. The van der Waals surface area contributed by atoms with E-state index in [9.17, 15) is 14.0 Å². The molecule has 0 unspecified atom stereocenters. The van der Waals surface area contributed by atoms with Crippen LogP contribution in [0.3, 0.4) is 0 Å². The highest BCUT2D eigenvalue weighted by molar-refractivity contribution is 5.84. The highest BCUT2D eigenvalue weighted by Gasteiger charge is 2.12. The van der Waals surface area contributed by atoms with Crippen LogP contribution in [-0.4, -0.2) is 20.9 Å². The second kappa shape index (κ2) is 4.40. The lowest BCUT2D eigenvalue weighted by Gasteiger charge is -2.09. The summed E-state index contributed by atoms with van der Waals surface area (Å²) in [6.45, 7) is 1.55. The normalized spacial score (nSPS) is 10.3. The molecule has 0 fully saturated rings. The van der Waals surface area contributed by atoms with Crippen LogP contribution in [0, 0.1) is 12.7 Å². The molecule has 1 heterocycles. The van der Waals surface area contributed by atoms with Gasteiger partial charge in [0.05, 0.1) is 5.69 Å². The Hall–Kier alpha value is -2.50. The zero-order chi connectivity index (χ0) is 13.3. The molecule has 0 atom stereocenters. The summed E-state index contributed by atoms with van der Waals surface area (Å²) in [6.07, 6.45) is 1.30. The summed E-state index contributed by atoms with van der Waals surface area (Å²) in [7, 11) is 0. The molecule has 0 radical (unpaired) electrons. The number of hydrogen-bond donors (Lipinski definition) is 1. The Morgan fingerprint density at radius 1 is 1.39 bits per heavy atom. The van der Waals surface area contributed by atoms with Crippen LogP contribution in [0.1, 0.15) is 16.1 Å². The number of carboxylic acids is 1. The zero-order valence-electron chi connectivity index (χ0n) is 9.42. The number of hydrogen-bond acceptors (Lipinski definition) is 3. The molecule has 0 aliphatic carbocycles. The van der Waals surface area contributed by atoms with E-state index >= 15 is 0 Å². The van der Waals surface area contributed by atoms with Crippen molar-refractivity contribution in [3.8, 4) is 5.69 Å². The summed E-state index contributed by atoms with van der Waals surface area (Å²) in [4.78, 5) is 22.1. The molecule has 5 nitrogen and oxygen atoms in total. The van der Waals surface area contributed by atoms with Gasteiger partial charge in [0.2, 0.25) is 11.1 Å².